The summed E-state index contributed by atoms with van der Waals surface area (Å²) in [5, 5.41) is 0. The lowest BCUT2D eigenvalue weighted by Gasteiger charge is -2.06. The third-order valence-electron chi connectivity index (χ3n) is 2.87. The Labute approximate surface area is 100 Å². The number of hydrogen-bond acceptors (Lipinski definition) is 2. The quantitative estimate of drug-likeness (QED) is 0.774. The molecule has 1 aromatic carbocycles. The topological polar surface area (TPSA) is 58.2 Å². The van der Waals surface area contributed by atoms with Crippen LogP contribution in [0.2, 0.25) is 0 Å². The summed E-state index contributed by atoms with van der Waals surface area (Å²) in [6, 6.07) is 7.35. The van der Waals surface area contributed by atoms with Gasteiger partial charge < -0.3 is 0 Å². The molecule has 1 aliphatic rings. The number of carbonyl (C=O) groups excluding carboxylic acids is 2. The van der Waals surface area contributed by atoms with Gasteiger partial charge in [-0.1, -0.05) is 19.1 Å². The van der Waals surface area contributed by atoms with Crippen molar-refractivity contribution in [2.24, 2.45) is 5.92 Å². The second kappa shape index (κ2) is 4.99. The van der Waals surface area contributed by atoms with E-state index in [1.165, 1.54) is 5.56 Å². The van der Waals surface area contributed by atoms with Gasteiger partial charge in [0.2, 0.25) is 5.91 Å². The van der Waals surface area contributed by atoms with Crippen molar-refractivity contribution in [3.05, 3.63) is 35.4 Å². The molecule has 1 saturated carbocycles. The molecule has 2 amide bonds. The molecule has 1 fully saturated rings. The number of hydrazine groups is 1. The zero-order chi connectivity index (χ0) is 12.3. The lowest BCUT2D eigenvalue weighted by molar-refractivity contribution is -0.123. The van der Waals surface area contributed by atoms with Crippen LogP contribution in [0, 0.1) is 5.92 Å². The van der Waals surface area contributed by atoms with Crippen molar-refractivity contribution in [3.63, 3.8) is 0 Å². The van der Waals surface area contributed by atoms with E-state index in [1.54, 1.807) is 12.1 Å². The maximum atomic E-state index is 11.7. The fraction of sp³-hybridized carbons (Fsp3) is 0.385. The van der Waals surface area contributed by atoms with Gasteiger partial charge >= 0.3 is 0 Å². The average Bonchev–Trinajstić information content (AvgIpc) is 3.20. The Morgan fingerprint density at radius 2 is 1.82 bits per heavy atom. The molecule has 2 rings (SSSR count). The highest BCUT2D eigenvalue weighted by Crippen LogP contribution is 2.28. The molecule has 0 atom stereocenters. The van der Waals surface area contributed by atoms with Crippen LogP contribution in [0.15, 0.2) is 24.3 Å². The standard InChI is InChI=1S/C13H16N2O2/c1-2-9-3-5-10(6-4-9)12(16)14-15-13(17)11-7-8-11/h3-6,11H,2,7-8H2,1H3,(H,14,16)(H,15,17). The molecule has 0 spiro atoms. The predicted octanol–water partition coefficient (Wildman–Crippen LogP) is 1.42. The molecular weight excluding hydrogens is 216 g/mol. The molecule has 1 aromatic rings. The van der Waals surface area contributed by atoms with Gasteiger partial charge in [0.1, 0.15) is 0 Å². The van der Waals surface area contributed by atoms with Crippen LogP contribution in [0.5, 0.6) is 0 Å². The third-order valence-corrected chi connectivity index (χ3v) is 2.87. The largest absolute Gasteiger partial charge is 0.273 e. The van der Waals surface area contributed by atoms with E-state index < -0.39 is 0 Å². The number of carbonyl (C=O) groups is 2. The van der Waals surface area contributed by atoms with Crippen LogP contribution in [0.25, 0.3) is 0 Å². The summed E-state index contributed by atoms with van der Waals surface area (Å²) in [5.74, 6) is -0.275. The number of nitrogens with one attached hydrogen (secondary N) is 2. The summed E-state index contributed by atoms with van der Waals surface area (Å²) in [5.41, 5.74) is 6.59. The van der Waals surface area contributed by atoms with Gasteiger partial charge in [-0.25, -0.2) is 0 Å². The Hall–Kier alpha value is -1.84. The molecule has 0 saturated heterocycles. The van der Waals surface area contributed by atoms with E-state index in [9.17, 15) is 9.59 Å². The van der Waals surface area contributed by atoms with E-state index in [2.05, 4.69) is 17.8 Å². The Bertz CT molecular complexity index is 422. The van der Waals surface area contributed by atoms with Gasteiger partial charge in [-0.15, -0.1) is 0 Å². The summed E-state index contributed by atoms with van der Waals surface area (Å²) < 4.78 is 0. The van der Waals surface area contributed by atoms with Crippen LogP contribution < -0.4 is 10.9 Å². The second-order valence-corrected chi connectivity index (χ2v) is 4.27. The van der Waals surface area contributed by atoms with Crippen LogP contribution in [0.4, 0.5) is 0 Å². The first-order valence-electron chi connectivity index (χ1n) is 5.90. The molecule has 4 heteroatoms. The van der Waals surface area contributed by atoms with E-state index in [0.717, 1.165) is 19.3 Å². The van der Waals surface area contributed by atoms with Crippen molar-refractivity contribution in [1.29, 1.82) is 0 Å². The summed E-state index contributed by atoms with van der Waals surface area (Å²) in [6.07, 6.45) is 2.79. The number of hydrogen-bond donors (Lipinski definition) is 2. The molecule has 0 aliphatic heterocycles. The molecule has 0 unspecified atom stereocenters. The highest BCUT2D eigenvalue weighted by Gasteiger charge is 2.29. The number of benzene rings is 1. The monoisotopic (exact) mass is 232 g/mol. The summed E-state index contributed by atoms with van der Waals surface area (Å²) >= 11 is 0. The second-order valence-electron chi connectivity index (χ2n) is 4.27. The highest BCUT2D eigenvalue weighted by molar-refractivity contribution is 5.95. The molecule has 17 heavy (non-hydrogen) atoms. The summed E-state index contributed by atoms with van der Waals surface area (Å²) in [6.45, 7) is 2.06. The fourth-order valence-corrected chi connectivity index (χ4v) is 1.53. The molecule has 0 heterocycles. The number of rotatable bonds is 3. The minimum atomic E-state index is -0.276. The molecule has 0 radical (unpaired) electrons. The first kappa shape index (κ1) is 11.6. The van der Waals surface area contributed by atoms with E-state index >= 15 is 0 Å². The van der Waals surface area contributed by atoms with E-state index in [0.29, 0.717) is 5.56 Å². The Morgan fingerprint density at radius 3 is 2.35 bits per heavy atom. The van der Waals surface area contributed by atoms with Crippen LogP contribution >= 0.6 is 0 Å². The van der Waals surface area contributed by atoms with Crippen molar-refractivity contribution >= 4 is 11.8 Å². The van der Waals surface area contributed by atoms with E-state index in [1.807, 2.05) is 12.1 Å². The summed E-state index contributed by atoms with van der Waals surface area (Å²) in [4.78, 5) is 23.0. The highest BCUT2D eigenvalue weighted by atomic mass is 16.2. The zero-order valence-electron chi connectivity index (χ0n) is 9.82. The van der Waals surface area contributed by atoms with Gasteiger partial charge in [0.25, 0.3) is 5.91 Å². The fourth-order valence-electron chi connectivity index (χ4n) is 1.53. The molecule has 90 valence electrons. The molecule has 1 aliphatic carbocycles. The summed E-state index contributed by atoms with van der Waals surface area (Å²) in [7, 11) is 0. The van der Waals surface area contributed by atoms with Gasteiger partial charge in [0.05, 0.1) is 0 Å². The lowest BCUT2D eigenvalue weighted by Crippen LogP contribution is -2.42. The van der Waals surface area contributed by atoms with Crippen LogP contribution in [-0.4, -0.2) is 11.8 Å². The van der Waals surface area contributed by atoms with Crippen LogP contribution in [0.1, 0.15) is 35.7 Å². The molecule has 4 nitrogen and oxygen atoms in total. The Kier molecular flexibility index (Phi) is 3.42. The van der Waals surface area contributed by atoms with E-state index in [4.69, 9.17) is 0 Å². The van der Waals surface area contributed by atoms with Crippen molar-refractivity contribution in [2.75, 3.05) is 0 Å². The van der Waals surface area contributed by atoms with Crippen molar-refractivity contribution < 1.29 is 9.59 Å². The van der Waals surface area contributed by atoms with Gasteiger partial charge in [0.15, 0.2) is 0 Å². The molecule has 0 aromatic heterocycles. The lowest BCUT2D eigenvalue weighted by atomic mass is 10.1. The maximum absolute atomic E-state index is 11.7. The van der Waals surface area contributed by atoms with Gasteiger partial charge in [-0.3, -0.25) is 20.4 Å². The smallest absolute Gasteiger partial charge is 0.269 e. The molecular formula is C13H16N2O2. The molecule has 2 N–H and O–H groups in total. The van der Waals surface area contributed by atoms with E-state index in [-0.39, 0.29) is 17.7 Å². The van der Waals surface area contributed by atoms with Gasteiger partial charge in [-0.2, -0.15) is 0 Å². The van der Waals surface area contributed by atoms with Crippen LogP contribution in [0.3, 0.4) is 0 Å². The number of aryl methyl sites for hydroxylation is 1. The molecule has 0 bridgehead atoms. The third kappa shape index (κ3) is 3.06. The number of amides is 2. The first-order chi connectivity index (χ1) is 8.20. The van der Waals surface area contributed by atoms with Crippen molar-refractivity contribution in [3.8, 4) is 0 Å². The SMILES string of the molecule is CCc1ccc(C(=O)NNC(=O)C2CC2)cc1. The van der Waals surface area contributed by atoms with Gasteiger partial charge in [0, 0.05) is 11.5 Å². The Balaban J connectivity index is 1.87. The zero-order valence-corrected chi connectivity index (χ0v) is 9.82. The van der Waals surface area contributed by atoms with Gasteiger partial charge in [-0.05, 0) is 37.0 Å². The first-order valence-corrected chi connectivity index (χ1v) is 5.90. The maximum Gasteiger partial charge on any atom is 0.269 e. The minimum absolute atomic E-state index is 0.0940. The predicted molar refractivity (Wildman–Crippen MR) is 64.2 cm³/mol. The average molecular weight is 232 g/mol. The Morgan fingerprint density at radius 1 is 1.18 bits per heavy atom. The normalized spacial score (nSPS) is 14.2. The van der Waals surface area contributed by atoms with Crippen LogP contribution in [-0.2, 0) is 11.2 Å². The van der Waals surface area contributed by atoms with Crippen molar-refractivity contribution in [2.45, 2.75) is 26.2 Å². The minimum Gasteiger partial charge on any atom is -0.273 e. The van der Waals surface area contributed by atoms with Crippen molar-refractivity contribution in [1.82, 2.24) is 10.9 Å².